The molecule has 0 aliphatic carbocycles. The molecule has 4 heteroatoms. The van der Waals surface area contributed by atoms with E-state index in [1.807, 2.05) is 6.92 Å². The van der Waals surface area contributed by atoms with Gasteiger partial charge in [-0.25, -0.2) is 0 Å². The molecule has 0 aromatic heterocycles. The summed E-state index contributed by atoms with van der Waals surface area (Å²) in [5.74, 6) is -0.202. The Morgan fingerprint density at radius 1 is 1.38 bits per heavy atom. The van der Waals surface area contributed by atoms with Crippen molar-refractivity contribution in [2.75, 3.05) is 7.11 Å². The average molecular weight is 238 g/mol. The quantitative estimate of drug-likeness (QED) is 0.600. The lowest BCUT2D eigenvalue weighted by Gasteiger charge is -2.25. The first-order valence-electron chi connectivity index (χ1n) is 5.59. The SMILES string of the molecule is C=C(CC(F)(F)F)C(CCCC)C(C)OC. The van der Waals surface area contributed by atoms with Crippen LogP contribution in [0.25, 0.3) is 0 Å². The second kappa shape index (κ2) is 6.94. The number of hydrogen-bond donors (Lipinski definition) is 0. The molecule has 0 saturated carbocycles. The van der Waals surface area contributed by atoms with Crippen molar-refractivity contribution in [2.24, 2.45) is 5.92 Å². The molecule has 0 spiro atoms. The molecule has 0 saturated heterocycles. The third kappa shape index (κ3) is 6.16. The highest BCUT2D eigenvalue weighted by Crippen LogP contribution is 2.32. The largest absolute Gasteiger partial charge is 0.392 e. The van der Waals surface area contributed by atoms with Crippen molar-refractivity contribution in [2.45, 2.75) is 51.8 Å². The minimum Gasteiger partial charge on any atom is -0.381 e. The number of halogens is 3. The first-order valence-corrected chi connectivity index (χ1v) is 5.59. The zero-order chi connectivity index (χ0) is 12.8. The molecule has 0 aromatic carbocycles. The van der Waals surface area contributed by atoms with Gasteiger partial charge in [0, 0.05) is 13.0 Å². The molecule has 0 fully saturated rings. The highest BCUT2D eigenvalue weighted by molar-refractivity contribution is 5.04. The minimum absolute atomic E-state index is 0.202. The number of hydrogen-bond acceptors (Lipinski definition) is 1. The van der Waals surface area contributed by atoms with E-state index in [1.165, 1.54) is 7.11 Å². The van der Waals surface area contributed by atoms with Crippen molar-refractivity contribution in [1.29, 1.82) is 0 Å². The Kier molecular flexibility index (Phi) is 6.72. The van der Waals surface area contributed by atoms with Gasteiger partial charge in [-0.2, -0.15) is 13.2 Å². The fourth-order valence-corrected chi connectivity index (χ4v) is 1.75. The number of unbranched alkanes of at least 4 members (excludes halogenated alkanes) is 1. The summed E-state index contributed by atoms with van der Waals surface area (Å²) < 4.78 is 41.9. The van der Waals surface area contributed by atoms with Gasteiger partial charge >= 0.3 is 6.18 Å². The molecular weight excluding hydrogens is 217 g/mol. The van der Waals surface area contributed by atoms with Crippen molar-refractivity contribution in [3.63, 3.8) is 0 Å². The predicted octanol–water partition coefficient (Wildman–Crippen LogP) is 4.34. The highest BCUT2D eigenvalue weighted by atomic mass is 19.4. The van der Waals surface area contributed by atoms with Gasteiger partial charge < -0.3 is 4.74 Å². The lowest BCUT2D eigenvalue weighted by Crippen LogP contribution is -2.24. The van der Waals surface area contributed by atoms with E-state index < -0.39 is 12.6 Å². The summed E-state index contributed by atoms with van der Waals surface area (Å²) in [6.07, 6.45) is -2.71. The van der Waals surface area contributed by atoms with Crippen LogP contribution in [0.1, 0.15) is 39.5 Å². The lowest BCUT2D eigenvalue weighted by atomic mass is 9.88. The van der Waals surface area contributed by atoms with Crippen molar-refractivity contribution < 1.29 is 17.9 Å². The molecule has 0 rings (SSSR count). The van der Waals surface area contributed by atoms with Crippen LogP contribution in [0.4, 0.5) is 13.2 Å². The Morgan fingerprint density at radius 3 is 2.31 bits per heavy atom. The van der Waals surface area contributed by atoms with Gasteiger partial charge in [-0.3, -0.25) is 0 Å². The summed E-state index contributed by atoms with van der Waals surface area (Å²) in [7, 11) is 1.52. The van der Waals surface area contributed by atoms with E-state index in [-0.39, 0.29) is 17.6 Å². The van der Waals surface area contributed by atoms with Crippen molar-refractivity contribution in [3.8, 4) is 0 Å². The highest BCUT2D eigenvalue weighted by Gasteiger charge is 2.32. The van der Waals surface area contributed by atoms with E-state index in [0.29, 0.717) is 6.42 Å². The Hall–Kier alpha value is -0.510. The molecule has 1 nitrogen and oxygen atoms in total. The Labute approximate surface area is 95.7 Å². The van der Waals surface area contributed by atoms with Gasteiger partial charge in [0.15, 0.2) is 0 Å². The van der Waals surface area contributed by atoms with Gasteiger partial charge in [0.1, 0.15) is 0 Å². The van der Waals surface area contributed by atoms with Crippen LogP contribution in [0, 0.1) is 5.92 Å². The molecule has 0 aromatic rings. The molecule has 96 valence electrons. The monoisotopic (exact) mass is 238 g/mol. The first-order chi connectivity index (χ1) is 7.31. The van der Waals surface area contributed by atoms with Crippen molar-refractivity contribution >= 4 is 0 Å². The standard InChI is InChI=1S/C12H21F3O/c1-5-6-7-11(10(3)16-4)9(2)8-12(13,14)15/h10-11H,2,5-8H2,1,3-4H3. The van der Waals surface area contributed by atoms with Crippen LogP contribution < -0.4 is 0 Å². The van der Waals surface area contributed by atoms with Crippen LogP contribution in [0.3, 0.4) is 0 Å². The smallest absolute Gasteiger partial charge is 0.381 e. The van der Waals surface area contributed by atoms with Crippen LogP contribution in [0.5, 0.6) is 0 Å². The second-order valence-corrected chi connectivity index (χ2v) is 4.14. The molecule has 2 unspecified atom stereocenters. The van der Waals surface area contributed by atoms with Crippen LogP contribution in [0.15, 0.2) is 12.2 Å². The van der Waals surface area contributed by atoms with Crippen LogP contribution >= 0.6 is 0 Å². The van der Waals surface area contributed by atoms with Crippen LogP contribution in [-0.2, 0) is 4.74 Å². The Balaban J connectivity index is 4.43. The predicted molar refractivity (Wildman–Crippen MR) is 59.3 cm³/mol. The zero-order valence-corrected chi connectivity index (χ0v) is 10.2. The van der Waals surface area contributed by atoms with Crippen molar-refractivity contribution in [3.05, 3.63) is 12.2 Å². The molecule has 0 N–H and O–H groups in total. The third-order valence-electron chi connectivity index (χ3n) is 2.76. The fraction of sp³-hybridized carbons (Fsp3) is 0.833. The fourth-order valence-electron chi connectivity index (χ4n) is 1.75. The second-order valence-electron chi connectivity index (χ2n) is 4.14. The van der Waals surface area contributed by atoms with Gasteiger partial charge in [0.05, 0.1) is 12.5 Å². The molecule has 0 aliphatic heterocycles. The normalized spacial score (nSPS) is 15.9. The molecule has 2 atom stereocenters. The third-order valence-corrected chi connectivity index (χ3v) is 2.76. The summed E-state index contributed by atoms with van der Waals surface area (Å²) in [5.41, 5.74) is 0.232. The topological polar surface area (TPSA) is 9.23 Å². The van der Waals surface area contributed by atoms with Gasteiger partial charge in [0.2, 0.25) is 0 Å². The molecular formula is C12H21F3O. The first kappa shape index (κ1) is 15.5. The van der Waals surface area contributed by atoms with Crippen molar-refractivity contribution in [1.82, 2.24) is 0 Å². The zero-order valence-electron chi connectivity index (χ0n) is 10.2. The number of alkyl halides is 3. The number of ether oxygens (including phenoxy) is 1. The lowest BCUT2D eigenvalue weighted by molar-refractivity contribution is -0.129. The van der Waals surface area contributed by atoms with Gasteiger partial charge in [-0.05, 0) is 13.3 Å². The average Bonchev–Trinajstić information content (AvgIpc) is 2.15. The van der Waals surface area contributed by atoms with Crippen LogP contribution in [-0.4, -0.2) is 19.4 Å². The Bertz CT molecular complexity index is 211. The summed E-state index contributed by atoms with van der Waals surface area (Å²) in [5, 5.41) is 0. The van der Waals surface area contributed by atoms with Crippen LogP contribution in [0.2, 0.25) is 0 Å². The molecule has 0 heterocycles. The van der Waals surface area contributed by atoms with E-state index in [0.717, 1.165) is 12.8 Å². The molecule has 0 amide bonds. The van der Waals surface area contributed by atoms with E-state index >= 15 is 0 Å². The van der Waals surface area contributed by atoms with Gasteiger partial charge in [-0.15, -0.1) is 0 Å². The van der Waals surface area contributed by atoms with E-state index in [4.69, 9.17) is 4.74 Å². The Morgan fingerprint density at radius 2 is 1.94 bits per heavy atom. The molecule has 0 radical (unpaired) electrons. The molecule has 0 bridgehead atoms. The maximum absolute atomic E-state index is 12.3. The molecule has 16 heavy (non-hydrogen) atoms. The van der Waals surface area contributed by atoms with Gasteiger partial charge in [-0.1, -0.05) is 31.9 Å². The summed E-state index contributed by atoms with van der Waals surface area (Å²) in [4.78, 5) is 0. The van der Waals surface area contributed by atoms with E-state index in [9.17, 15) is 13.2 Å². The van der Waals surface area contributed by atoms with E-state index in [1.54, 1.807) is 6.92 Å². The maximum Gasteiger partial charge on any atom is 0.392 e. The minimum atomic E-state index is -4.17. The summed E-state index contributed by atoms with van der Waals surface area (Å²) in [6.45, 7) is 7.37. The summed E-state index contributed by atoms with van der Waals surface area (Å²) in [6, 6.07) is 0. The summed E-state index contributed by atoms with van der Waals surface area (Å²) >= 11 is 0. The number of methoxy groups -OCH3 is 1. The number of rotatable bonds is 7. The van der Waals surface area contributed by atoms with E-state index in [2.05, 4.69) is 6.58 Å². The molecule has 0 aliphatic rings. The maximum atomic E-state index is 12.3. The van der Waals surface area contributed by atoms with Gasteiger partial charge in [0.25, 0.3) is 0 Å².